The molecule has 0 aromatic heterocycles. The lowest BCUT2D eigenvalue weighted by Gasteiger charge is -2.19. The summed E-state index contributed by atoms with van der Waals surface area (Å²) >= 11 is 6.01. The molecule has 6 nitrogen and oxygen atoms in total. The zero-order valence-corrected chi connectivity index (χ0v) is 10.0. The fraction of sp³-hybridized carbons (Fsp3) is 0.273. The molecule has 0 spiro atoms. The highest BCUT2D eigenvalue weighted by Crippen LogP contribution is 2.37. The minimum atomic E-state index is -1.09. The van der Waals surface area contributed by atoms with Gasteiger partial charge in [-0.15, -0.1) is 0 Å². The number of oxime groups is 1. The van der Waals surface area contributed by atoms with Crippen LogP contribution >= 0.6 is 11.6 Å². The molecule has 7 heteroatoms. The zero-order chi connectivity index (χ0) is 13.0. The van der Waals surface area contributed by atoms with Crippen molar-refractivity contribution in [1.82, 2.24) is 0 Å². The van der Waals surface area contributed by atoms with Crippen LogP contribution in [0.3, 0.4) is 0 Å². The first-order valence-corrected chi connectivity index (χ1v) is 5.51. The lowest BCUT2D eigenvalue weighted by atomic mass is 10.2. The Kier molecular flexibility index (Phi) is 3.88. The van der Waals surface area contributed by atoms with Crippen LogP contribution in [0.2, 0.25) is 5.02 Å². The number of carbonyl (C=O) groups is 1. The van der Waals surface area contributed by atoms with E-state index >= 15 is 0 Å². The number of benzene rings is 1. The van der Waals surface area contributed by atoms with Gasteiger partial charge in [0.1, 0.15) is 13.2 Å². The van der Waals surface area contributed by atoms with Gasteiger partial charge in [-0.1, -0.05) is 16.8 Å². The van der Waals surface area contributed by atoms with Gasteiger partial charge < -0.3 is 19.4 Å². The number of aliphatic carboxylic acids is 1. The fourth-order valence-corrected chi connectivity index (χ4v) is 1.67. The van der Waals surface area contributed by atoms with Crippen LogP contribution in [0.5, 0.6) is 11.5 Å². The third-order valence-electron chi connectivity index (χ3n) is 2.08. The van der Waals surface area contributed by atoms with Gasteiger partial charge in [-0.25, -0.2) is 4.79 Å². The molecule has 0 unspecified atom stereocenters. The topological polar surface area (TPSA) is 77.4 Å². The van der Waals surface area contributed by atoms with Crippen LogP contribution < -0.4 is 9.47 Å². The Bertz CT molecular complexity index is 489. The van der Waals surface area contributed by atoms with E-state index in [1.54, 1.807) is 12.1 Å². The molecule has 1 aliphatic rings. The molecule has 0 bridgehead atoms. The molecule has 0 saturated heterocycles. The smallest absolute Gasteiger partial charge is 0.344 e. The Hall–Kier alpha value is -1.95. The molecule has 0 atom stereocenters. The third kappa shape index (κ3) is 3.04. The van der Waals surface area contributed by atoms with E-state index in [0.717, 1.165) is 0 Å². The number of fused-ring (bicyclic) bond motifs is 1. The van der Waals surface area contributed by atoms with Crippen molar-refractivity contribution < 1.29 is 24.2 Å². The number of nitrogens with zero attached hydrogens (tertiary/aromatic N) is 1. The third-order valence-corrected chi connectivity index (χ3v) is 2.36. The first kappa shape index (κ1) is 12.5. The van der Waals surface area contributed by atoms with Gasteiger partial charge in [0.05, 0.1) is 11.2 Å². The molecule has 0 fully saturated rings. The quantitative estimate of drug-likeness (QED) is 0.664. The van der Waals surface area contributed by atoms with Gasteiger partial charge in [-0.2, -0.15) is 0 Å². The van der Waals surface area contributed by atoms with Gasteiger partial charge in [0.2, 0.25) is 6.61 Å². The number of ether oxygens (including phenoxy) is 2. The molecular formula is C11H10ClNO5. The second-order valence-electron chi connectivity index (χ2n) is 3.43. The summed E-state index contributed by atoms with van der Waals surface area (Å²) in [5.74, 6) is -0.0488. The number of halogens is 1. The van der Waals surface area contributed by atoms with Gasteiger partial charge in [-0.3, -0.25) is 0 Å². The van der Waals surface area contributed by atoms with Gasteiger partial charge in [0.25, 0.3) is 0 Å². The minimum absolute atomic E-state index is 0.409. The van der Waals surface area contributed by atoms with Gasteiger partial charge in [0, 0.05) is 5.56 Å². The maximum Gasteiger partial charge on any atom is 0.344 e. The van der Waals surface area contributed by atoms with Crippen molar-refractivity contribution in [2.45, 2.75) is 0 Å². The molecule has 1 aromatic rings. The SMILES string of the molecule is O=C(O)CON=Cc1cc(Cl)c2c(c1)OCCO2. The van der Waals surface area contributed by atoms with Crippen LogP contribution in [0.1, 0.15) is 5.56 Å². The molecule has 1 aliphatic heterocycles. The number of carboxylic acid groups (broad SMARTS) is 1. The van der Waals surface area contributed by atoms with Crippen molar-refractivity contribution in [2.24, 2.45) is 5.16 Å². The summed E-state index contributed by atoms with van der Waals surface area (Å²) in [5.41, 5.74) is 0.634. The van der Waals surface area contributed by atoms with E-state index in [1.165, 1.54) is 6.21 Å². The summed E-state index contributed by atoms with van der Waals surface area (Å²) in [6, 6.07) is 3.32. The van der Waals surface area contributed by atoms with E-state index in [0.29, 0.717) is 35.3 Å². The van der Waals surface area contributed by atoms with E-state index in [-0.39, 0.29) is 0 Å². The number of carboxylic acids is 1. The molecule has 0 radical (unpaired) electrons. The Morgan fingerprint density at radius 3 is 3.06 bits per heavy atom. The van der Waals surface area contributed by atoms with Crippen LogP contribution in [0.4, 0.5) is 0 Å². The van der Waals surface area contributed by atoms with Crippen LogP contribution in [0, 0.1) is 0 Å². The average Bonchev–Trinajstić information content (AvgIpc) is 2.35. The highest BCUT2D eigenvalue weighted by Gasteiger charge is 2.16. The van der Waals surface area contributed by atoms with Crippen molar-refractivity contribution in [2.75, 3.05) is 19.8 Å². The largest absolute Gasteiger partial charge is 0.486 e. The summed E-state index contributed by atoms with van der Waals surface area (Å²) in [5, 5.41) is 12.3. The van der Waals surface area contributed by atoms with Crippen LogP contribution in [-0.2, 0) is 9.63 Å². The summed E-state index contributed by atoms with van der Waals surface area (Å²) in [7, 11) is 0. The van der Waals surface area contributed by atoms with Gasteiger partial charge in [-0.05, 0) is 12.1 Å². The van der Waals surface area contributed by atoms with Crippen molar-refractivity contribution in [3.63, 3.8) is 0 Å². The standard InChI is InChI=1S/C11H10ClNO5/c12-8-3-7(5-13-18-6-10(14)15)4-9-11(8)17-2-1-16-9/h3-5H,1-2,6H2,(H,14,15). The molecule has 1 N–H and O–H groups in total. The van der Waals surface area contributed by atoms with Crippen molar-refractivity contribution in [3.8, 4) is 11.5 Å². The van der Waals surface area contributed by atoms with E-state index in [1.807, 2.05) is 0 Å². The maximum atomic E-state index is 10.2. The van der Waals surface area contributed by atoms with Gasteiger partial charge in [0.15, 0.2) is 11.5 Å². The average molecular weight is 272 g/mol. The molecule has 1 aromatic carbocycles. The lowest BCUT2D eigenvalue weighted by molar-refractivity contribution is -0.142. The first-order chi connectivity index (χ1) is 8.66. The number of hydrogen-bond acceptors (Lipinski definition) is 5. The highest BCUT2D eigenvalue weighted by molar-refractivity contribution is 6.32. The maximum absolute atomic E-state index is 10.2. The van der Waals surface area contributed by atoms with E-state index in [4.69, 9.17) is 26.2 Å². The molecular weight excluding hydrogens is 262 g/mol. The Morgan fingerprint density at radius 1 is 1.50 bits per heavy atom. The van der Waals surface area contributed by atoms with Crippen LogP contribution in [0.15, 0.2) is 17.3 Å². The van der Waals surface area contributed by atoms with E-state index in [9.17, 15) is 4.79 Å². The van der Waals surface area contributed by atoms with Crippen molar-refractivity contribution in [3.05, 3.63) is 22.7 Å². The van der Waals surface area contributed by atoms with Crippen LogP contribution in [-0.4, -0.2) is 37.1 Å². The molecule has 18 heavy (non-hydrogen) atoms. The summed E-state index contributed by atoms with van der Waals surface area (Å²) in [6.07, 6.45) is 1.35. The number of hydrogen-bond donors (Lipinski definition) is 1. The lowest BCUT2D eigenvalue weighted by Crippen LogP contribution is -2.15. The monoisotopic (exact) mass is 271 g/mol. The van der Waals surface area contributed by atoms with E-state index in [2.05, 4.69) is 9.99 Å². The summed E-state index contributed by atoms with van der Waals surface area (Å²) in [6.45, 7) is 0.427. The van der Waals surface area contributed by atoms with E-state index < -0.39 is 12.6 Å². The molecule has 2 rings (SSSR count). The second kappa shape index (κ2) is 5.59. The molecule has 96 valence electrons. The van der Waals surface area contributed by atoms with Gasteiger partial charge >= 0.3 is 5.97 Å². The molecule has 0 amide bonds. The fourth-order valence-electron chi connectivity index (χ4n) is 1.40. The normalized spacial score (nSPS) is 13.6. The Labute approximate surface area is 108 Å². The van der Waals surface area contributed by atoms with Crippen molar-refractivity contribution in [1.29, 1.82) is 0 Å². The van der Waals surface area contributed by atoms with Crippen LogP contribution in [0.25, 0.3) is 0 Å². The molecule has 1 heterocycles. The summed E-state index contributed by atoms with van der Waals surface area (Å²) < 4.78 is 10.7. The zero-order valence-electron chi connectivity index (χ0n) is 9.26. The second-order valence-corrected chi connectivity index (χ2v) is 3.84. The molecule has 0 aliphatic carbocycles. The molecule has 0 saturated carbocycles. The Morgan fingerprint density at radius 2 is 2.28 bits per heavy atom. The predicted octanol–water partition coefficient (Wildman–Crippen LogP) is 1.55. The predicted molar refractivity (Wildman–Crippen MR) is 63.6 cm³/mol. The Balaban J connectivity index is 2.09. The summed E-state index contributed by atoms with van der Waals surface area (Å²) in [4.78, 5) is 14.7. The first-order valence-electron chi connectivity index (χ1n) is 5.13. The minimum Gasteiger partial charge on any atom is -0.486 e. The van der Waals surface area contributed by atoms with Crippen molar-refractivity contribution >= 4 is 23.8 Å². The highest BCUT2D eigenvalue weighted by atomic mass is 35.5. The number of rotatable bonds is 4.